The Balaban J connectivity index is 2.01. The van der Waals surface area contributed by atoms with E-state index in [4.69, 9.17) is 0 Å². The van der Waals surface area contributed by atoms with Crippen molar-refractivity contribution < 1.29 is 13.6 Å². The largest absolute Gasteiger partial charge is 0.291 e. The van der Waals surface area contributed by atoms with Crippen molar-refractivity contribution in [2.75, 3.05) is 0 Å². The van der Waals surface area contributed by atoms with Crippen LogP contribution in [-0.2, 0) is 0 Å². The average Bonchev–Trinajstić information content (AvgIpc) is 3.02. The first-order valence-corrected chi connectivity index (χ1v) is 7.65. The van der Waals surface area contributed by atoms with Crippen molar-refractivity contribution in [1.29, 1.82) is 5.26 Å². The number of thiophene rings is 2. The molecule has 0 saturated carbocycles. The zero-order chi connectivity index (χ0) is 15.0. The van der Waals surface area contributed by atoms with Gasteiger partial charge in [0, 0.05) is 21.0 Å². The third-order valence-corrected chi connectivity index (χ3v) is 5.15. The van der Waals surface area contributed by atoms with E-state index in [0.717, 1.165) is 21.5 Å². The Morgan fingerprint density at radius 2 is 2.00 bits per heavy atom. The van der Waals surface area contributed by atoms with Gasteiger partial charge in [0.05, 0.1) is 10.9 Å². The van der Waals surface area contributed by atoms with Crippen molar-refractivity contribution >= 4 is 37.9 Å². The molecule has 3 aromatic rings. The molecule has 1 unspecified atom stereocenters. The standard InChI is InChI=1S/C15H7F2NOS2/c16-8-1-2-9(11(17)5-8)10(7-18)15(19)14-6-13-12(21-14)3-4-20-13/h1-6,10H. The summed E-state index contributed by atoms with van der Waals surface area (Å²) in [4.78, 5) is 12.8. The molecule has 0 aliphatic heterocycles. The molecule has 2 nitrogen and oxygen atoms in total. The molecule has 0 saturated heterocycles. The van der Waals surface area contributed by atoms with Crippen LogP contribution >= 0.6 is 22.7 Å². The van der Waals surface area contributed by atoms with E-state index in [1.54, 1.807) is 6.07 Å². The zero-order valence-corrected chi connectivity index (χ0v) is 12.1. The van der Waals surface area contributed by atoms with Gasteiger partial charge in [-0.15, -0.1) is 22.7 Å². The van der Waals surface area contributed by atoms with Crippen LogP contribution in [0.25, 0.3) is 9.40 Å². The van der Waals surface area contributed by atoms with Gasteiger partial charge in [0.2, 0.25) is 0 Å². The maximum Gasteiger partial charge on any atom is 0.194 e. The van der Waals surface area contributed by atoms with Crippen molar-refractivity contribution in [3.8, 4) is 6.07 Å². The highest BCUT2D eigenvalue weighted by molar-refractivity contribution is 7.27. The molecule has 2 heterocycles. The SMILES string of the molecule is N#CC(C(=O)c1cc2sccc2s1)c1ccc(F)cc1F. The summed E-state index contributed by atoms with van der Waals surface area (Å²) in [7, 11) is 0. The lowest BCUT2D eigenvalue weighted by Gasteiger charge is -2.08. The highest BCUT2D eigenvalue weighted by atomic mass is 32.1. The molecule has 0 radical (unpaired) electrons. The molecule has 2 aromatic heterocycles. The number of nitriles is 1. The topological polar surface area (TPSA) is 40.9 Å². The molecule has 1 atom stereocenters. The summed E-state index contributed by atoms with van der Waals surface area (Å²) in [5.74, 6) is -3.35. The van der Waals surface area contributed by atoms with Gasteiger partial charge < -0.3 is 0 Å². The van der Waals surface area contributed by atoms with E-state index >= 15 is 0 Å². The smallest absolute Gasteiger partial charge is 0.194 e. The van der Waals surface area contributed by atoms with E-state index in [1.165, 1.54) is 22.7 Å². The monoisotopic (exact) mass is 319 g/mol. The number of nitrogens with zero attached hydrogens (tertiary/aromatic N) is 1. The number of carbonyl (C=O) groups is 1. The van der Waals surface area contributed by atoms with Gasteiger partial charge in [0.1, 0.15) is 17.6 Å². The number of Topliss-reactive ketones (excluding diaryl/α,β-unsaturated/α-hetero) is 1. The Kier molecular flexibility index (Phi) is 3.53. The fraction of sp³-hybridized carbons (Fsp3) is 0.0667. The molecular weight excluding hydrogens is 312 g/mol. The fourth-order valence-corrected chi connectivity index (χ4v) is 4.11. The van der Waals surface area contributed by atoms with E-state index in [9.17, 15) is 18.8 Å². The van der Waals surface area contributed by atoms with Gasteiger partial charge in [-0.05, 0) is 23.6 Å². The van der Waals surface area contributed by atoms with Crippen LogP contribution in [0.15, 0.2) is 35.7 Å². The molecule has 0 fully saturated rings. The lowest BCUT2D eigenvalue weighted by atomic mass is 9.95. The summed E-state index contributed by atoms with van der Waals surface area (Å²) in [6, 6.07) is 8.28. The van der Waals surface area contributed by atoms with Crippen LogP contribution in [0.5, 0.6) is 0 Å². The number of hydrogen-bond acceptors (Lipinski definition) is 4. The van der Waals surface area contributed by atoms with Crippen LogP contribution in [-0.4, -0.2) is 5.78 Å². The lowest BCUT2D eigenvalue weighted by Crippen LogP contribution is -2.11. The minimum atomic E-state index is -1.27. The minimum absolute atomic E-state index is 0.0966. The second kappa shape index (κ2) is 5.35. The van der Waals surface area contributed by atoms with Gasteiger partial charge in [-0.2, -0.15) is 5.26 Å². The second-order valence-corrected chi connectivity index (χ2v) is 6.38. The number of hydrogen-bond donors (Lipinski definition) is 0. The van der Waals surface area contributed by atoms with Crippen molar-refractivity contribution in [3.63, 3.8) is 0 Å². The first kappa shape index (κ1) is 13.9. The summed E-state index contributed by atoms with van der Waals surface area (Å²) < 4.78 is 28.6. The highest BCUT2D eigenvalue weighted by Gasteiger charge is 2.26. The van der Waals surface area contributed by atoms with E-state index in [2.05, 4.69) is 0 Å². The summed E-state index contributed by atoms with van der Waals surface area (Å²) in [5, 5.41) is 11.1. The first-order chi connectivity index (χ1) is 10.1. The molecule has 1 aromatic carbocycles. The molecular formula is C15H7F2NOS2. The van der Waals surface area contributed by atoms with Crippen LogP contribution in [0.3, 0.4) is 0 Å². The van der Waals surface area contributed by atoms with Gasteiger partial charge in [-0.25, -0.2) is 8.78 Å². The molecule has 0 spiro atoms. The third-order valence-electron chi connectivity index (χ3n) is 3.05. The quantitative estimate of drug-likeness (QED) is 0.655. The number of fused-ring (bicyclic) bond motifs is 1. The Bertz CT molecular complexity index is 847. The zero-order valence-electron chi connectivity index (χ0n) is 10.5. The average molecular weight is 319 g/mol. The van der Waals surface area contributed by atoms with Crippen LogP contribution in [0.1, 0.15) is 21.2 Å². The van der Waals surface area contributed by atoms with Gasteiger partial charge >= 0.3 is 0 Å². The van der Waals surface area contributed by atoms with Crippen molar-refractivity contribution in [2.45, 2.75) is 5.92 Å². The maximum atomic E-state index is 13.8. The van der Waals surface area contributed by atoms with Crippen LogP contribution in [0, 0.1) is 23.0 Å². The molecule has 3 rings (SSSR count). The molecule has 0 amide bonds. The minimum Gasteiger partial charge on any atom is -0.291 e. The van der Waals surface area contributed by atoms with Crippen molar-refractivity contribution in [2.24, 2.45) is 0 Å². The second-order valence-electron chi connectivity index (χ2n) is 4.35. The molecule has 0 bridgehead atoms. The summed E-state index contributed by atoms with van der Waals surface area (Å²) in [6.45, 7) is 0. The summed E-state index contributed by atoms with van der Waals surface area (Å²) in [6.07, 6.45) is 0. The highest BCUT2D eigenvalue weighted by Crippen LogP contribution is 2.33. The normalized spacial score (nSPS) is 12.2. The molecule has 0 aliphatic rings. The molecule has 6 heteroatoms. The van der Waals surface area contributed by atoms with Crippen molar-refractivity contribution in [1.82, 2.24) is 0 Å². The predicted molar refractivity (Wildman–Crippen MR) is 78.7 cm³/mol. The Morgan fingerprint density at radius 3 is 2.67 bits per heavy atom. The van der Waals surface area contributed by atoms with Crippen LogP contribution < -0.4 is 0 Å². The number of carbonyl (C=O) groups excluding carboxylic acids is 1. The van der Waals surface area contributed by atoms with Crippen LogP contribution in [0.2, 0.25) is 0 Å². The number of ketones is 1. The Morgan fingerprint density at radius 1 is 1.19 bits per heavy atom. The Labute approximate surface area is 126 Å². The lowest BCUT2D eigenvalue weighted by molar-refractivity contribution is 0.0981. The van der Waals surface area contributed by atoms with E-state index in [1.807, 2.05) is 17.5 Å². The number of halogens is 2. The fourth-order valence-electron chi connectivity index (χ4n) is 2.03. The third kappa shape index (κ3) is 2.46. The Hall–Kier alpha value is -2.10. The summed E-state index contributed by atoms with van der Waals surface area (Å²) in [5.41, 5.74) is -0.0966. The number of benzene rings is 1. The summed E-state index contributed by atoms with van der Waals surface area (Å²) >= 11 is 2.77. The number of rotatable bonds is 3. The first-order valence-electron chi connectivity index (χ1n) is 5.96. The molecule has 21 heavy (non-hydrogen) atoms. The van der Waals surface area contributed by atoms with E-state index < -0.39 is 23.3 Å². The van der Waals surface area contributed by atoms with Crippen molar-refractivity contribution in [3.05, 3.63) is 57.8 Å². The molecule has 104 valence electrons. The van der Waals surface area contributed by atoms with Gasteiger partial charge in [0.25, 0.3) is 0 Å². The maximum absolute atomic E-state index is 13.8. The van der Waals surface area contributed by atoms with E-state index in [-0.39, 0.29) is 5.56 Å². The molecule has 0 N–H and O–H groups in total. The van der Waals surface area contributed by atoms with E-state index in [0.29, 0.717) is 10.9 Å². The van der Waals surface area contributed by atoms with Gasteiger partial charge in [-0.1, -0.05) is 6.07 Å². The van der Waals surface area contributed by atoms with Gasteiger partial charge in [-0.3, -0.25) is 4.79 Å². The molecule has 0 aliphatic carbocycles. The van der Waals surface area contributed by atoms with Gasteiger partial charge in [0.15, 0.2) is 5.78 Å². The predicted octanol–water partition coefficient (Wildman–Crippen LogP) is 4.73. The van der Waals surface area contributed by atoms with Crippen LogP contribution in [0.4, 0.5) is 8.78 Å².